The molecule has 0 N–H and O–H groups in total. The van der Waals surface area contributed by atoms with E-state index in [4.69, 9.17) is 0 Å². The molecule has 0 bridgehead atoms. The van der Waals surface area contributed by atoms with Gasteiger partial charge in [0.05, 0.1) is 13.0 Å². The SMILES string of the molecule is O=C1CCCN(C(=O)Cc2cccnc2)C1. The largest absolute Gasteiger partial charge is 0.335 e. The number of nitrogens with zero attached hydrogens (tertiary/aromatic N) is 2. The second kappa shape index (κ2) is 4.88. The third kappa shape index (κ3) is 2.66. The van der Waals surface area contributed by atoms with E-state index >= 15 is 0 Å². The number of Topliss-reactive ketones (excluding diaryl/α,β-unsaturated/α-hetero) is 1. The van der Waals surface area contributed by atoms with E-state index in [9.17, 15) is 9.59 Å². The minimum absolute atomic E-state index is 0.0149. The zero-order valence-electron chi connectivity index (χ0n) is 9.06. The van der Waals surface area contributed by atoms with Gasteiger partial charge in [0.1, 0.15) is 0 Å². The topological polar surface area (TPSA) is 50.3 Å². The van der Waals surface area contributed by atoms with E-state index in [-0.39, 0.29) is 18.2 Å². The van der Waals surface area contributed by atoms with Gasteiger partial charge < -0.3 is 4.90 Å². The first-order valence-corrected chi connectivity index (χ1v) is 5.44. The minimum atomic E-state index is 0.0149. The molecule has 2 heterocycles. The maximum Gasteiger partial charge on any atom is 0.227 e. The lowest BCUT2D eigenvalue weighted by atomic mass is 10.1. The molecule has 1 aromatic heterocycles. The van der Waals surface area contributed by atoms with Crippen LogP contribution in [-0.2, 0) is 16.0 Å². The third-order valence-electron chi connectivity index (χ3n) is 2.68. The Morgan fingerprint density at radius 3 is 3.06 bits per heavy atom. The lowest BCUT2D eigenvalue weighted by Gasteiger charge is -2.25. The van der Waals surface area contributed by atoms with E-state index < -0.39 is 0 Å². The monoisotopic (exact) mass is 218 g/mol. The molecule has 2 rings (SSSR count). The van der Waals surface area contributed by atoms with Gasteiger partial charge in [0.15, 0.2) is 5.78 Å². The number of piperidine rings is 1. The zero-order valence-corrected chi connectivity index (χ0v) is 9.06. The lowest BCUT2D eigenvalue weighted by molar-refractivity contribution is -0.137. The number of hydrogen-bond acceptors (Lipinski definition) is 3. The van der Waals surface area contributed by atoms with Crippen LogP contribution in [0.15, 0.2) is 24.5 Å². The summed E-state index contributed by atoms with van der Waals surface area (Å²) in [6, 6.07) is 3.68. The van der Waals surface area contributed by atoms with E-state index in [2.05, 4.69) is 4.98 Å². The second-order valence-corrected chi connectivity index (χ2v) is 4.00. The van der Waals surface area contributed by atoms with Gasteiger partial charge in [-0.05, 0) is 18.1 Å². The van der Waals surface area contributed by atoms with Crippen molar-refractivity contribution in [3.05, 3.63) is 30.1 Å². The molecule has 0 saturated carbocycles. The molecular formula is C12H14N2O2. The Morgan fingerprint density at radius 2 is 2.38 bits per heavy atom. The Kier molecular flexibility index (Phi) is 3.29. The number of ketones is 1. The first-order chi connectivity index (χ1) is 7.75. The Morgan fingerprint density at radius 1 is 1.50 bits per heavy atom. The number of likely N-dealkylation sites (tertiary alicyclic amines) is 1. The number of aromatic nitrogens is 1. The van der Waals surface area contributed by atoms with E-state index in [0.29, 0.717) is 19.4 Å². The Bertz CT molecular complexity index is 389. The fraction of sp³-hybridized carbons (Fsp3) is 0.417. The van der Waals surface area contributed by atoms with Crippen LogP contribution >= 0.6 is 0 Å². The minimum Gasteiger partial charge on any atom is -0.335 e. The van der Waals surface area contributed by atoms with Crippen LogP contribution in [0.3, 0.4) is 0 Å². The first-order valence-electron chi connectivity index (χ1n) is 5.44. The smallest absolute Gasteiger partial charge is 0.227 e. The van der Waals surface area contributed by atoms with E-state index in [1.165, 1.54) is 0 Å². The fourth-order valence-corrected chi connectivity index (χ4v) is 1.84. The maximum absolute atomic E-state index is 11.9. The van der Waals surface area contributed by atoms with Gasteiger partial charge in [-0.25, -0.2) is 0 Å². The normalized spacial score (nSPS) is 16.2. The van der Waals surface area contributed by atoms with Gasteiger partial charge in [-0.1, -0.05) is 6.07 Å². The Labute approximate surface area is 94.3 Å². The zero-order chi connectivity index (χ0) is 11.4. The summed E-state index contributed by atoms with van der Waals surface area (Å²) in [7, 11) is 0. The summed E-state index contributed by atoms with van der Waals surface area (Å²) < 4.78 is 0. The van der Waals surface area contributed by atoms with Gasteiger partial charge in [0.2, 0.25) is 5.91 Å². The van der Waals surface area contributed by atoms with Gasteiger partial charge >= 0.3 is 0 Å². The first kappa shape index (κ1) is 10.8. The van der Waals surface area contributed by atoms with E-state index in [1.807, 2.05) is 12.1 Å². The van der Waals surface area contributed by atoms with Crippen LogP contribution in [0.5, 0.6) is 0 Å². The van der Waals surface area contributed by atoms with Crippen LogP contribution in [-0.4, -0.2) is 34.7 Å². The average Bonchev–Trinajstić information content (AvgIpc) is 2.30. The molecule has 1 aliphatic rings. The predicted octanol–water partition coefficient (Wildman–Crippen LogP) is 0.816. The van der Waals surface area contributed by atoms with Crippen LogP contribution in [0.25, 0.3) is 0 Å². The molecule has 0 spiro atoms. The number of amides is 1. The van der Waals surface area contributed by atoms with Crippen LogP contribution in [0, 0.1) is 0 Å². The number of carbonyl (C=O) groups is 2. The summed E-state index contributed by atoms with van der Waals surface area (Å²) in [4.78, 5) is 28.7. The van der Waals surface area contributed by atoms with Crippen LogP contribution in [0.2, 0.25) is 0 Å². The van der Waals surface area contributed by atoms with Gasteiger partial charge in [-0.15, -0.1) is 0 Å². The molecule has 0 radical (unpaired) electrons. The van der Waals surface area contributed by atoms with Crippen molar-refractivity contribution in [2.75, 3.05) is 13.1 Å². The molecule has 1 saturated heterocycles. The molecular weight excluding hydrogens is 204 g/mol. The van der Waals surface area contributed by atoms with Crippen molar-refractivity contribution < 1.29 is 9.59 Å². The summed E-state index contributed by atoms with van der Waals surface area (Å²) >= 11 is 0. The highest BCUT2D eigenvalue weighted by Crippen LogP contribution is 2.08. The van der Waals surface area contributed by atoms with Crippen molar-refractivity contribution in [3.63, 3.8) is 0 Å². The summed E-state index contributed by atoms with van der Waals surface area (Å²) in [5.41, 5.74) is 0.894. The average molecular weight is 218 g/mol. The molecule has 0 aromatic carbocycles. The molecule has 16 heavy (non-hydrogen) atoms. The van der Waals surface area contributed by atoms with E-state index in [0.717, 1.165) is 12.0 Å². The summed E-state index contributed by atoms with van der Waals surface area (Å²) in [6.07, 6.45) is 5.09. The molecule has 4 heteroatoms. The summed E-state index contributed by atoms with van der Waals surface area (Å²) in [6.45, 7) is 0.976. The highest BCUT2D eigenvalue weighted by atomic mass is 16.2. The summed E-state index contributed by atoms with van der Waals surface area (Å²) in [5, 5.41) is 0. The van der Waals surface area contributed by atoms with Crippen LogP contribution < -0.4 is 0 Å². The molecule has 1 aromatic rings. The molecule has 1 amide bonds. The lowest BCUT2D eigenvalue weighted by Crippen LogP contribution is -2.40. The molecule has 0 unspecified atom stereocenters. The van der Waals surface area contributed by atoms with Crippen molar-refractivity contribution in [3.8, 4) is 0 Å². The molecule has 0 atom stereocenters. The van der Waals surface area contributed by atoms with Crippen molar-refractivity contribution in [2.24, 2.45) is 0 Å². The highest BCUT2D eigenvalue weighted by Gasteiger charge is 2.21. The van der Waals surface area contributed by atoms with Crippen LogP contribution in [0.1, 0.15) is 18.4 Å². The number of carbonyl (C=O) groups excluding carboxylic acids is 2. The maximum atomic E-state index is 11.9. The van der Waals surface area contributed by atoms with E-state index in [1.54, 1.807) is 17.3 Å². The molecule has 1 aliphatic heterocycles. The van der Waals surface area contributed by atoms with Gasteiger partial charge in [-0.2, -0.15) is 0 Å². The molecule has 1 fully saturated rings. The molecule has 4 nitrogen and oxygen atoms in total. The Hall–Kier alpha value is -1.71. The Balaban J connectivity index is 1.95. The fourth-order valence-electron chi connectivity index (χ4n) is 1.84. The number of pyridine rings is 1. The van der Waals surface area contributed by atoms with Crippen LogP contribution in [0.4, 0.5) is 0 Å². The predicted molar refractivity (Wildman–Crippen MR) is 58.8 cm³/mol. The van der Waals surface area contributed by atoms with Crippen molar-refractivity contribution in [2.45, 2.75) is 19.3 Å². The number of hydrogen-bond donors (Lipinski definition) is 0. The molecule has 0 aliphatic carbocycles. The van der Waals surface area contributed by atoms with Crippen molar-refractivity contribution in [1.82, 2.24) is 9.88 Å². The quantitative estimate of drug-likeness (QED) is 0.738. The second-order valence-electron chi connectivity index (χ2n) is 4.00. The van der Waals surface area contributed by atoms with Gasteiger partial charge in [0, 0.05) is 25.4 Å². The van der Waals surface area contributed by atoms with Crippen molar-refractivity contribution in [1.29, 1.82) is 0 Å². The van der Waals surface area contributed by atoms with Crippen molar-refractivity contribution >= 4 is 11.7 Å². The van der Waals surface area contributed by atoms with Gasteiger partial charge in [0.25, 0.3) is 0 Å². The highest BCUT2D eigenvalue weighted by molar-refractivity contribution is 5.87. The van der Waals surface area contributed by atoms with Gasteiger partial charge in [-0.3, -0.25) is 14.6 Å². The summed E-state index contributed by atoms with van der Waals surface area (Å²) in [5.74, 6) is 0.173. The third-order valence-corrected chi connectivity index (χ3v) is 2.68. The number of rotatable bonds is 2. The standard InChI is InChI=1S/C12H14N2O2/c15-11-4-2-6-14(9-11)12(16)7-10-3-1-5-13-8-10/h1,3,5,8H,2,4,6-7,9H2. The molecule has 84 valence electrons.